The predicted molar refractivity (Wildman–Crippen MR) is 85.1 cm³/mol. The summed E-state index contributed by atoms with van der Waals surface area (Å²) in [7, 11) is 0. The van der Waals surface area contributed by atoms with Crippen molar-refractivity contribution in [3.05, 3.63) is 30.3 Å². The highest BCUT2D eigenvalue weighted by Gasteiger charge is 2.19. The molecule has 0 aliphatic carbocycles. The molecule has 5 N–H and O–H groups in total. The number of hydrogen-bond donors (Lipinski definition) is 3. The second-order valence-electron chi connectivity index (χ2n) is 4.32. The number of thioether (sulfide) groups is 1. The van der Waals surface area contributed by atoms with Gasteiger partial charge in [0.2, 0.25) is 5.91 Å². The van der Waals surface area contributed by atoms with Gasteiger partial charge in [-0.05, 0) is 26.0 Å². The van der Waals surface area contributed by atoms with Crippen molar-refractivity contribution in [2.45, 2.75) is 19.9 Å². The molecule has 0 aromatic heterocycles. The van der Waals surface area contributed by atoms with Gasteiger partial charge in [-0.1, -0.05) is 30.0 Å². The average Bonchev–Trinajstić information content (AvgIpc) is 2.36. The van der Waals surface area contributed by atoms with Crippen LogP contribution in [0.5, 0.6) is 0 Å². The highest BCUT2D eigenvalue weighted by Crippen LogP contribution is 2.18. The van der Waals surface area contributed by atoms with Crippen LogP contribution in [0.3, 0.4) is 0 Å². The Hall–Kier alpha value is -2.02. The van der Waals surface area contributed by atoms with Gasteiger partial charge in [0.25, 0.3) is 0 Å². The van der Waals surface area contributed by atoms with Crippen molar-refractivity contribution in [2.24, 2.45) is 16.5 Å². The highest BCUT2D eigenvalue weighted by molar-refractivity contribution is 8.14. The molecule has 1 aromatic rings. The fourth-order valence-corrected chi connectivity index (χ4v) is 2.24. The van der Waals surface area contributed by atoms with Crippen LogP contribution in [0.2, 0.25) is 0 Å². The van der Waals surface area contributed by atoms with Gasteiger partial charge in [-0.15, -0.1) is 0 Å². The van der Waals surface area contributed by atoms with Gasteiger partial charge in [0.1, 0.15) is 0 Å². The molecular weight excluding hydrogens is 274 g/mol. The molecule has 1 amide bonds. The first-order valence-corrected chi connectivity index (χ1v) is 7.08. The van der Waals surface area contributed by atoms with Crippen LogP contribution in [0.25, 0.3) is 0 Å². The Morgan fingerprint density at radius 1 is 1.35 bits per heavy atom. The number of amides is 1. The van der Waals surface area contributed by atoms with E-state index < -0.39 is 0 Å². The van der Waals surface area contributed by atoms with Crippen LogP contribution in [0, 0.1) is 5.41 Å². The summed E-state index contributed by atoms with van der Waals surface area (Å²) in [6.07, 6.45) is 0. The van der Waals surface area contributed by atoms with Gasteiger partial charge in [0.15, 0.2) is 11.1 Å². The minimum absolute atomic E-state index is 0.0303. The number of amidine groups is 1. The van der Waals surface area contributed by atoms with Crippen molar-refractivity contribution in [2.75, 3.05) is 10.7 Å². The number of guanidine groups is 1. The Labute approximate surface area is 122 Å². The van der Waals surface area contributed by atoms with E-state index in [1.807, 2.05) is 44.2 Å². The SMILES string of the molecule is CC(C)N(C(=O)CSC(=N)N=C(N)N)c1ccccc1. The Bertz CT molecular complexity index is 497. The first-order chi connectivity index (χ1) is 9.41. The van der Waals surface area contributed by atoms with Gasteiger partial charge in [-0.25, -0.2) is 0 Å². The van der Waals surface area contributed by atoms with Gasteiger partial charge in [0, 0.05) is 11.7 Å². The Morgan fingerprint density at radius 3 is 2.45 bits per heavy atom. The van der Waals surface area contributed by atoms with Crippen LogP contribution < -0.4 is 16.4 Å². The summed E-state index contributed by atoms with van der Waals surface area (Å²) in [5, 5.41) is 7.44. The molecule has 1 rings (SSSR count). The number of rotatable bonds is 4. The van der Waals surface area contributed by atoms with Crippen molar-refractivity contribution >= 4 is 34.5 Å². The lowest BCUT2D eigenvalue weighted by Gasteiger charge is -2.26. The molecule has 0 unspecified atom stereocenters. The molecule has 0 spiro atoms. The van der Waals surface area contributed by atoms with E-state index in [2.05, 4.69) is 4.99 Å². The number of benzene rings is 1. The smallest absolute Gasteiger partial charge is 0.237 e. The van der Waals surface area contributed by atoms with E-state index in [-0.39, 0.29) is 28.8 Å². The number of anilines is 1. The summed E-state index contributed by atoms with van der Waals surface area (Å²) in [5.74, 6) is -0.159. The zero-order valence-corrected chi connectivity index (χ0v) is 12.4. The standard InChI is InChI=1S/C13H19N5OS/c1-9(2)18(10-6-4-3-5-7-10)11(19)8-20-13(16)17-12(14)15/h3-7,9H,8H2,1-2H3,(H5,14,15,16,17). The molecule has 20 heavy (non-hydrogen) atoms. The first-order valence-electron chi connectivity index (χ1n) is 6.10. The van der Waals surface area contributed by atoms with Crippen molar-refractivity contribution in [3.8, 4) is 0 Å². The first kappa shape index (κ1) is 16.0. The van der Waals surface area contributed by atoms with Crippen LogP contribution in [-0.4, -0.2) is 28.8 Å². The molecule has 6 nitrogen and oxygen atoms in total. The molecule has 0 fully saturated rings. The van der Waals surface area contributed by atoms with E-state index in [9.17, 15) is 4.79 Å². The summed E-state index contributed by atoms with van der Waals surface area (Å²) in [5.41, 5.74) is 11.2. The van der Waals surface area contributed by atoms with E-state index in [1.165, 1.54) is 0 Å². The molecule has 0 saturated carbocycles. The molecule has 0 aliphatic heterocycles. The Kier molecular flexibility index (Phi) is 6.05. The van der Waals surface area contributed by atoms with Crippen LogP contribution in [0.4, 0.5) is 5.69 Å². The molecule has 0 radical (unpaired) electrons. The molecule has 1 aromatic carbocycles. The maximum Gasteiger partial charge on any atom is 0.237 e. The number of nitrogens with zero attached hydrogens (tertiary/aromatic N) is 2. The van der Waals surface area contributed by atoms with Crippen LogP contribution in [-0.2, 0) is 4.79 Å². The van der Waals surface area contributed by atoms with Crippen molar-refractivity contribution in [3.63, 3.8) is 0 Å². The summed E-state index contributed by atoms with van der Waals surface area (Å²) in [4.78, 5) is 17.5. The van der Waals surface area contributed by atoms with E-state index in [0.29, 0.717) is 0 Å². The van der Waals surface area contributed by atoms with Gasteiger partial charge in [0.05, 0.1) is 5.75 Å². The lowest BCUT2D eigenvalue weighted by Crippen LogP contribution is -2.38. The maximum atomic E-state index is 12.3. The van der Waals surface area contributed by atoms with Gasteiger partial charge < -0.3 is 16.4 Å². The summed E-state index contributed by atoms with van der Waals surface area (Å²) in [6, 6.07) is 9.45. The average molecular weight is 293 g/mol. The number of aliphatic imine (C=N–C) groups is 1. The molecule has 0 atom stereocenters. The molecule has 0 bridgehead atoms. The molecule has 108 valence electrons. The maximum absolute atomic E-state index is 12.3. The Morgan fingerprint density at radius 2 is 1.95 bits per heavy atom. The van der Waals surface area contributed by atoms with Gasteiger partial charge >= 0.3 is 0 Å². The fraction of sp³-hybridized carbons (Fsp3) is 0.308. The molecular formula is C13H19N5OS. The number of carbonyl (C=O) groups is 1. The Balaban J connectivity index is 2.72. The molecule has 7 heteroatoms. The lowest BCUT2D eigenvalue weighted by atomic mass is 10.2. The van der Waals surface area contributed by atoms with E-state index >= 15 is 0 Å². The summed E-state index contributed by atoms with van der Waals surface area (Å²) in [6.45, 7) is 3.88. The molecule has 0 saturated heterocycles. The second kappa shape index (κ2) is 7.54. The number of nitrogens with two attached hydrogens (primary N) is 2. The number of carbonyl (C=O) groups excluding carboxylic acids is 1. The van der Waals surface area contributed by atoms with Crippen LogP contribution >= 0.6 is 11.8 Å². The second-order valence-corrected chi connectivity index (χ2v) is 5.29. The number of para-hydroxylation sites is 1. The van der Waals surface area contributed by atoms with Crippen molar-refractivity contribution in [1.29, 1.82) is 5.41 Å². The minimum Gasteiger partial charge on any atom is -0.370 e. The predicted octanol–water partition coefficient (Wildman–Crippen LogP) is 1.37. The third-order valence-corrected chi connectivity index (χ3v) is 3.14. The zero-order chi connectivity index (χ0) is 15.1. The van der Waals surface area contributed by atoms with E-state index in [1.54, 1.807) is 4.90 Å². The zero-order valence-electron chi connectivity index (χ0n) is 11.5. The van der Waals surface area contributed by atoms with E-state index in [0.717, 1.165) is 17.4 Å². The quantitative estimate of drug-likeness (QED) is 0.575. The van der Waals surface area contributed by atoms with E-state index in [4.69, 9.17) is 16.9 Å². The van der Waals surface area contributed by atoms with Crippen LogP contribution in [0.1, 0.15) is 13.8 Å². The topological polar surface area (TPSA) is 109 Å². The fourth-order valence-electron chi connectivity index (χ4n) is 1.67. The monoisotopic (exact) mass is 293 g/mol. The number of nitrogens with one attached hydrogen (secondary N) is 1. The normalized spacial score (nSPS) is 10.2. The lowest BCUT2D eigenvalue weighted by molar-refractivity contribution is -0.116. The third-order valence-electron chi connectivity index (χ3n) is 2.38. The van der Waals surface area contributed by atoms with Crippen molar-refractivity contribution in [1.82, 2.24) is 0 Å². The summed E-state index contributed by atoms with van der Waals surface area (Å²) < 4.78 is 0. The van der Waals surface area contributed by atoms with Gasteiger partial charge in [-0.2, -0.15) is 4.99 Å². The van der Waals surface area contributed by atoms with Crippen LogP contribution in [0.15, 0.2) is 35.3 Å². The largest absolute Gasteiger partial charge is 0.370 e. The number of hydrogen-bond acceptors (Lipinski definition) is 3. The third kappa shape index (κ3) is 4.93. The van der Waals surface area contributed by atoms with Crippen molar-refractivity contribution < 1.29 is 4.79 Å². The summed E-state index contributed by atoms with van der Waals surface area (Å²) >= 11 is 0.998. The molecule has 0 heterocycles. The van der Waals surface area contributed by atoms with Gasteiger partial charge in [-0.3, -0.25) is 10.2 Å². The highest BCUT2D eigenvalue weighted by atomic mass is 32.2. The minimum atomic E-state index is -0.182. The molecule has 0 aliphatic rings.